The van der Waals surface area contributed by atoms with Gasteiger partial charge < -0.3 is 13.7 Å². The van der Waals surface area contributed by atoms with Crippen LogP contribution in [0.5, 0.6) is 0 Å². The number of aromatic nitrogens is 3. The van der Waals surface area contributed by atoms with Gasteiger partial charge in [0.25, 0.3) is 5.69 Å². The first-order chi connectivity index (χ1) is 14.8. The zero-order chi connectivity index (χ0) is 22.2. The molecule has 1 aliphatic heterocycles. The largest absolute Gasteiger partial charge is 0.469 e. The third kappa shape index (κ3) is 4.08. The molecule has 2 aromatic heterocycles. The Bertz CT molecular complexity index is 1230. The van der Waals surface area contributed by atoms with Crippen LogP contribution >= 0.6 is 11.8 Å². The van der Waals surface area contributed by atoms with Crippen LogP contribution in [0, 0.1) is 17.0 Å². The Morgan fingerprint density at radius 3 is 2.58 bits per heavy atom. The van der Waals surface area contributed by atoms with Crippen molar-refractivity contribution in [2.45, 2.75) is 21.9 Å². The van der Waals surface area contributed by atoms with E-state index in [0.717, 1.165) is 23.4 Å². The maximum Gasteiger partial charge on any atom is 0.284 e. The zero-order valence-corrected chi connectivity index (χ0v) is 18.4. The third-order valence-corrected chi connectivity index (χ3v) is 7.87. The molecule has 0 N–H and O–H groups in total. The number of benzene rings is 1. The Kier molecular flexibility index (Phi) is 5.83. The van der Waals surface area contributed by atoms with Gasteiger partial charge in [-0.3, -0.25) is 10.1 Å². The molecule has 0 atom stereocenters. The minimum Gasteiger partial charge on any atom is -0.469 e. The highest BCUT2D eigenvalue weighted by atomic mass is 32.2. The van der Waals surface area contributed by atoms with Gasteiger partial charge in [0.05, 0.1) is 39.8 Å². The maximum absolute atomic E-state index is 12.9. The van der Waals surface area contributed by atoms with Crippen molar-refractivity contribution in [3.63, 3.8) is 0 Å². The normalized spacial score (nSPS) is 15.3. The summed E-state index contributed by atoms with van der Waals surface area (Å²) in [6.45, 7) is 2.80. The summed E-state index contributed by atoms with van der Waals surface area (Å²) in [5.41, 5.74) is 0.451. The van der Waals surface area contributed by atoms with E-state index in [-0.39, 0.29) is 28.6 Å². The number of ether oxygens (including phenoxy) is 1. The van der Waals surface area contributed by atoms with E-state index in [2.05, 4.69) is 10.2 Å². The topological polar surface area (TPSA) is 134 Å². The molecule has 1 aromatic carbocycles. The van der Waals surface area contributed by atoms with Crippen LogP contribution in [-0.2, 0) is 21.8 Å². The van der Waals surface area contributed by atoms with Crippen molar-refractivity contribution in [2.75, 3.05) is 26.3 Å². The second kappa shape index (κ2) is 8.42. The van der Waals surface area contributed by atoms with Gasteiger partial charge in [0, 0.05) is 26.2 Å². The Morgan fingerprint density at radius 2 is 1.94 bits per heavy atom. The average molecular weight is 466 g/mol. The first-order valence-corrected chi connectivity index (χ1v) is 11.5. The van der Waals surface area contributed by atoms with E-state index in [1.165, 1.54) is 16.4 Å². The van der Waals surface area contributed by atoms with E-state index in [9.17, 15) is 18.5 Å². The summed E-state index contributed by atoms with van der Waals surface area (Å²) >= 11 is 1.04. The van der Waals surface area contributed by atoms with Crippen LogP contribution in [0.3, 0.4) is 0 Å². The van der Waals surface area contributed by atoms with E-state index in [0.29, 0.717) is 30.0 Å². The molecule has 1 saturated heterocycles. The van der Waals surface area contributed by atoms with Crippen LogP contribution in [0.4, 0.5) is 5.69 Å². The molecule has 4 rings (SSSR count). The van der Waals surface area contributed by atoms with Crippen molar-refractivity contribution in [3.8, 4) is 11.4 Å². The summed E-state index contributed by atoms with van der Waals surface area (Å²) in [5, 5.41) is 20.4. The molecule has 0 spiro atoms. The Labute approximate surface area is 182 Å². The van der Waals surface area contributed by atoms with Crippen molar-refractivity contribution in [1.29, 1.82) is 0 Å². The Hall–Kier alpha value is -2.74. The molecular weight excluding hydrogens is 446 g/mol. The minimum absolute atomic E-state index is 0.127. The number of furan rings is 1. The molecular formula is C18H19N5O6S2. The average Bonchev–Trinajstić information content (AvgIpc) is 3.34. The highest BCUT2D eigenvalue weighted by Gasteiger charge is 2.29. The van der Waals surface area contributed by atoms with Crippen LogP contribution in [-0.4, -0.2) is 58.7 Å². The fourth-order valence-electron chi connectivity index (χ4n) is 3.18. The van der Waals surface area contributed by atoms with Crippen molar-refractivity contribution < 1.29 is 22.5 Å². The van der Waals surface area contributed by atoms with E-state index < -0.39 is 14.9 Å². The maximum atomic E-state index is 12.9. The van der Waals surface area contributed by atoms with Gasteiger partial charge in [0.2, 0.25) is 10.0 Å². The van der Waals surface area contributed by atoms with Gasteiger partial charge in [-0.1, -0.05) is 0 Å². The molecule has 164 valence electrons. The van der Waals surface area contributed by atoms with Gasteiger partial charge in [-0.25, -0.2) is 8.42 Å². The number of sulfonamides is 1. The zero-order valence-electron chi connectivity index (χ0n) is 16.7. The van der Waals surface area contributed by atoms with Gasteiger partial charge >= 0.3 is 0 Å². The van der Waals surface area contributed by atoms with Crippen molar-refractivity contribution in [3.05, 3.63) is 46.4 Å². The summed E-state index contributed by atoms with van der Waals surface area (Å²) in [5.74, 6) is 1.23. The summed E-state index contributed by atoms with van der Waals surface area (Å²) < 4.78 is 39.2. The number of morpholine rings is 1. The number of aryl methyl sites for hydroxylation is 1. The lowest BCUT2D eigenvalue weighted by molar-refractivity contribution is -0.388. The van der Waals surface area contributed by atoms with Gasteiger partial charge in [0.15, 0.2) is 11.0 Å². The van der Waals surface area contributed by atoms with E-state index in [1.807, 2.05) is 0 Å². The number of nitro groups is 1. The lowest BCUT2D eigenvalue weighted by atomic mass is 10.2. The molecule has 0 radical (unpaired) electrons. The smallest absolute Gasteiger partial charge is 0.284 e. The Balaban J connectivity index is 1.66. The lowest BCUT2D eigenvalue weighted by Gasteiger charge is -2.26. The summed E-state index contributed by atoms with van der Waals surface area (Å²) in [6, 6.07) is 5.65. The molecule has 0 aliphatic carbocycles. The van der Waals surface area contributed by atoms with Crippen molar-refractivity contribution in [1.82, 2.24) is 19.1 Å². The second-order valence-corrected chi connectivity index (χ2v) is 9.71. The lowest BCUT2D eigenvalue weighted by Crippen LogP contribution is -2.40. The molecule has 13 heteroatoms. The van der Waals surface area contributed by atoms with Crippen LogP contribution in [0.15, 0.2) is 49.9 Å². The van der Waals surface area contributed by atoms with Crippen molar-refractivity contribution >= 4 is 27.5 Å². The highest BCUT2D eigenvalue weighted by molar-refractivity contribution is 7.99. The predicted molar refractivity (Wildman–Crippen MR) is 110 cm³/mol. The standard InChI is InChI=1S/C18H19N5O6S2/c1-12-14(5-8-29-12)17-19-20-18(21(17)2)30-16-4-3-13(11-15(16)23(24)25)31(26,27)22-6-9-28-10-7-22/h3-5,8,11H,6-7,9-10H2,1-2H3. The summed E-state index contributed by atoms with van der Waals surface area (Å²) in [6.07, 6.45) is 1.55. The van der Waals surface area contributed by atoms with Crippen LogP contribution in [0.25, 0.3) is 11.4 Å². The number of nitrogens with zero attached hydrogens (tertiary/aromatic N) is 5. The Morgan fingerprint density at radius 1 is 1.19 bits per heavy atom. The number of hydrogen-bond donors (Lipinski definition) is 0. The fraction of sp³-hybridized carbons (Fsp3) is 0.333. The van der Waals surface area contributed by atoms with Gasteiger partial charge in [-0.15, -0.1) is 10.2 Å². The van der Waals surface area contributed by atoms with Crippen LogP contribution in [0.2, 0.25) is 0 Å². The molecule has 0 unspecified atom stereocenters. The van der Waals surface area contributed by atoms with E-state index in [1.54, 1.807) is 30.9 Å². The number of hydrogen-bond acceptors (Lipinski definition) is 9. The van der Waals surface area contributed by atoms with Crippen LogP contribution < -0.4 is 0 Å². The number of nitro benzene ring substituents is 1. The van der Waals surface area contributed by atoms with Gasteiger partial charge in [-0.2, -0.15) is 4.31 Å². The molecule has 0 saturated carbocycles. The second-order valence-electron chi connectivity index (χ2n) is 6.76. The van der Waals surface area contributed by atoms with Gasteiger partial charge in [0.1, 0.15) is 5.76 Å². The molecule has 11 nitrogen and oxygen atoms in total. The quantitative estimate of drug-likeness (QED) is 0.397. The predicted octanol–water partition coefficient (Wildman–Crippen LogP) is 2.46. The first kappa shape index (κ1) is 21.5. The summed E-state index contributed by atoms with van der Waals surface area (Å²) in [4.78, 5) is 11.2. The molecule has 1 fully saturated rings. The molecule has 0 bridgehead atoms. The van der Waals surface area contributed by atoms with E-state index >= 15 is 0 Å². The monoisotopic (exact) mass is 465 g/mol. The molecule has 31 heavy (non-hydrogen) atoms. The molecule has 1 aliphatic rings. The van der Waals surface area contributed by atoms with Crippen LogP contribution in [0.1, 0.15) is 5.76 Å². The van der Waals surface area contributed by atoms with E-state index in [4.69, 9.17) is 9.15 Å². The molecule has 0 amide bonds. The third-order valence-electron chi connectivity index (χ3n) is 4.87. The van der Waals surface area contributed by atoms with Crippen molar-refractivity contribution in [2.24, 2.45) is 7.05 Å². The SMILES string of the molecule is Cc1occc1-c1nnc(Sc2ccc(S(=O)(=O)N3CCOCC3)cc2[N+](=O)[O-])n1C. The summed E-state index contributed by atoms with van der Waals surface area (Å²) in [7, 11) is -2.11. The number of rotatable bonds is 6. The fourth-order valence-corrected chi connectivity index (χ4v) is 5.48. The minimum atomic E-state index is -3.85. The van der Waals surface area contributed by atoms with Gasteiger partial charge in [-0.05, 0) is 36.9 Å². The molecule has 3 aromatic rings. The highest BCUT2D eigenvalue weighted by Crippen LogP contribution is 2.37. The first-order valence-electron chi connectivity index (χ1n) is 9.27. The molecule has 3 heterocycles.